The molecule has 5 rings (SSSR count). The van der Waals surface area contributed by atoms with Crippen molar-refractivity contribution in [2.45, 2.75) is 31.8 Å². The molecule has 1 atom stereocenters. The third kappa shape index (κ3) is 7.15. The highest BCUT2D eigenvalue weighted by atomic mass is 16.3. The first-order chi connectivity index (χ1) is 18.2. The Morgan fingerprint density at radius 3 is 2.27 bits per heavy atom. The van der Waals surface area contributed by atoms with Crippen molar-refractivity contribution in [3.8, 4) is 16.9 Å². The second-order valence-corrected chi connectivity index (χ2v) is 9.00. The normalized spacial score (nSPS) is 14.9. The van der Waals surface area contributed by atoms with E-state index < -0.39 is 0 Å². The van der Waals surface area contributed by atoms with Gasteiger partial charge in [-0.25, -0.2) is 9.97 Å². The minimum absolute atomic E-state index is 0.250. The molecule has 1 unspecified atom stereocenters. The maximum Gasteiger partial charge on any atom is 0.290 e. The molecule has 0 bridgehead atoms. The van der Waals surface area contributed by atoms with Gasteiger partial charge in [0.15, 0.2) is 0 Å². The smallest absolute Gasteiger partial charge is 0.290 e. The molecule has 190 valence electrons. The van der Waals surface area contributed by atoms with Gasteiger partial charge in [-0.3, -0.25) is 4.79 Å². The molecule has 1 fully saturated rings. The zero-order chi connectivity index (χ0) is 25.9. The fourth-order valence-electron chi connectivity index (χ4n) is 4.61. The average Bonchev–Trinajstić information content (AvgIpc) is 2.96. The number of rotatable bonds is 7. The number of aromatic hydroxyl groups is 1. The van der Waals surface area contributed by atoms with Gasteiger partial charge in [-0.1, -0.05) is 72.8 Å². The quantitative estimate of drug-likeness (QED) is 0.302. The lowest BCUT2D eigenvalue weighted by Gasteiger charge is -2.33. The molecule has 4 aromatic rings. The van der Waals surface area contributed by atoms with E-state index in [4.69, 9.17) is 19.9 Å². The molecule has 2 heterocycles. The van der Waals surface area contributed by atoms with Gasteiger partial charge in [0.1, 0.15) is 5.75 Å². The van der Waals surface area contributed by atoms with E-state index in [1.165, 1.54) is 17.5 Å². The molecule has 0 saturated carbocycles. The van der Waals surface area contributed by atoms with Crippen molar-refractivity contribution < 1.29 is 15.0 Å². The zero-order valence-electron chi connectivity index (χ0n) is 20.7. The topological polar surface area (TPSA) is 98.6 Å². The fourth-order valence-corrected chi connectivity index (χ4v) is 4.61. The summed E-state index contributed by atoms with van der Waals surface area (Å²) in [6, 6.07) is 26.7. The molecule has 3 aromatic carbocycles. The van der Waals surface area contributed by atoms with E-state index >= 15 is 0 Å². The Bertz CT molecular complexity index is 1250. The maximum absolute atomic E-state index is 9.88. The van der Waals surface area contributed by atoms with Crippen LogP contribution in [0.4, 0.5) is 5.95 Å². The molecule has 1 aliphatic heterocycles. The predicted molar refractivity (Wildman–Crippen MR) is 145 cm³/mol. The van der Waals surface area contributed by atoms with Crippen LogP contribution in [0.25, 0.3) is 11.1 Å². The van der Waals surface area contributed by atoms with Gasteiger partial charge in [0.2, 0.25) is 5.95 Å². The highest BCUT2D eigenvalue weighted by Gasteiger charge is 2.22. The number of carboxylic acid groups (broad SMARTS) is 1. The zero-order valence-corrected chi connectivity index (χ0v) is 20.7. The van der Waals surface area contributed by atoms with Crippen LogP contribution in [0.5, 0.6) is 5.75 Å². The van der Waals surface area contributed by atoms with Crippen LogP contribution in [-0.2, 0) is 17.9 Å². The first-order valence-corrected chi connectivity index (χ1v) is 12.4. The number of nitrogens with zero attached hydrogens (tertiary/aromatic N) is 3. The van der Waals surface area contributed by atoms with E-state index in [2.05, 4.69) is 64.8 Å². The Morgan fingerprint density at radius 1 is 0.892 bits per heavy atom. The van der Waals surface area contributed by atoms with Crippen molar-refractivity contribution in [3.05, 3.63) is 108 Å². The lowest BCUT2D eigenvalue weighted by atomic mass is 9.91. The third-order valence-electron chi connectivity index (χ3n) is 6.54. The number of para-hydroxylation sites is 1. The summed E-state index contributed by atoms with van der Waals surface area (Å²) < 4.78 is 0. The molecule has 1 aliphatic rings. The molecular formula is C30H32N4O3. The van der Waals surface area contributed by atoms with Gasteiger partial charge in [-0.2, -0.15) is 0 Å². The van der Waals surface area contributed by atoms with E-state index in [-0.39, 0.29) is 6.47 Å². The Morgan fingerprint density at radius 2 is 1.57 bits per heavy atom. The summed E-state index contributed by atoms with van der Waals surface area (Å²) in [6.07, 6.45) is 6.23. The predicted octanol–water partition coefficient (Wildman–Crippen LogP) is 5.22. The highest BCUT2D eigenvalue weighted by Crippen LogP contribution is 2.29. The van der Waals surface area contributed by atoms with Crippen LogP contribution in [0.15, 0.2) is 91.3 Å². The molecule has 1 aromatic heterocycles. The molecule has 1 saturated heterocycles. The summed E-state index contributed by atoms with van der Waals surface area (Å²) in [5.41, 5.74) is 5.63. The SMILES string of the molecule is O=CO.Oc1ccccc1CNCc1ccc(-c2cnc(N3CCCC(c4ccccc4)C3)nc2)cc1. The number of aromatic nitrogens is 2. The van der Waals surface area contributed by atoms with Gasteiger partial charge >= 0.3 is 0 Å². The first kappa shape index (κ1) is 25.9. The van der Waals surface area contributed by atoms with Crippen LogP contribution >= 0.6 is 0 Å². The summed E-state index contributed by atoms with van der Waals surface area (Å²) >= 11 is 0. The summed E-state index contributed by atoms with van der Waals surface area (Å²) in [6.45, 7) is 3.09. The van der Waals surface area contributed by atoms with E-state index in [0.29, 0.717) is 18.2 Å². The molecule has 7 nitrogen and oxygen atoms in total. The molecule has 0 radical (unpaired) electrons. The number of hydrogen-bond donors (Lipinski definition) is 3. The summed E-state index contributed by atoms with van der Waals surface area (Å²) in [7, 11) is 0. The number of phenolic OH excluding ortho intramolecular Hbond substituents is 1. The number of anilines is 1. The van der Waals surface area contributed by atoms with Crippen molar-refractivity contribution >= 4 is 12.4 Å². The molecule has 37 heavy (non-hydrogen) atoms. The second kappa shape index (κ2) is 13.2. The second-order valence-electron chi connectivity index (χ2n) is 9.00. The van der Waals surface area contributed by atoms with Crippen LogP contribution in [0.2, 0.25) is 0 Å². The van der Waals surface area contributed by atoms with Crippen LogP contribution in [0, 0.1) is 0 Å². The first-order valence-electron chi connectivity index (χ1n) is 12.4. The summed E-state index contributed by atoms with van der Waals surface area (Å²) in [5, 5.41) is 20.2. The standard InChI is InChI=1S/C29H30N4O.CH2O2/c34-28-11-5-4-9-25(28)18-30-17-22-12-14-24(15-13-22)27-19-31-29(32-20-27)33-16-6-10-26(21-33)23-7-2-1-3-8-23;2-1-3/h1-5,7-9,11-15,19-20,26,30,34H,6,10,16-18,21H2;1H,(H,2,3). The average molecular weight is 497 g/mol. The Hall–Kier alpha value is -4.23. The number of carbonyl (C=O) groups is 1. The Labute approximate surface area is 217 Å². The number of benzene rings is 3. The van der Waals surface area contributed by atoms with Crippen LogP contribution in [0.1, 0.15) is 35.4 Å². The molecule has 0 aliphatic carbocycles. The highest BCUT2D eigenvalue weighted by molar-refractivity contribution is 5.62. The molecule has 7 heteroatoms. The van der Waals surface area contributed by atoms with Crippen LogP contribution in [0.3, 0.4) is 0 Å². The minimum atomic E-state index is -0.250. The largest absolute Gasteiger partial charge is 0.508 e. The van der Waals surface area contributed by atoms with Gasteiger partial charge in [0.25, 0.3) is 6.47 Å². The number of piperidine rings is 1. The Balaban J connectivity index is 0.00000102. The molecule has 0 spiro atoms. The van der Waals surface area contributed by atoms with Crippen molar-refractivity contribution in [3.63, 3.8) is 0 Å². The van der Waals surface area contributed by atoms with E-state index in [1.54, 1.807) is 6.07 Å². The lowest BCUT2D eigenvalue weighted by Crippen LogP contribution is -2.35. The van der Waals surface area contributed by atoms with Gasteiger partial charge in [0, 0.05) is 55.6 Å². The molecule has 3 N–H and O–H groups in total. The summed E-state index contributed by atoms with van der Waals surface area (Å²) in [4.78, 5) is 20.1. The van der Waals surface area contributed by atoms with Gasteiger partial charge in [0.05, 0.1) is 0 Å². The van der Waals surface area contributed by atoms with Gasteiger partial charge in [-0.05, 0) is 35.6 Å². The fraction of sp³-hybridized carbons (Fsp3) is 0.233. The van der Waals surface area contributed by atoms with E-state index in [1.807, 2.05) is 30.6 Å². The maximum atomic E-state index is 9.88. The molecular weight excluding hydrogens is 464 g/mol. The van der Waals surface area contributed by atoms with Crippen molar-refractivity contribution in [2.75, 3.05) is 18.0 Å². The van der Waals surface area contributed by atoms with Gasteiger partial charge < -0.3 is 20.4 Å². The third-order valence-corrected chi connectivity index (χ3v) is 6.54. The summed E-state index contributed by atoms with van der Waals surface area (Å²) in [5.74, 6) is 1.67. The van der Waals surface area contributed by atoms with E-state index in [0.717, 1.165) is 48.7 Å². The van der Waals surface area contributed by atoms with Crippen molar-refractivity contribution in [1.82, 2.24) is 15.3 Å². The van der Waals surface area contributed by atoms with Crippen molar-refractivity contribution in [1.29, 1.82) is 0 Å². The number of phenols is 1. The van der Waals surface area contributed by atoms with Gasteiger partial charge in [-0.15, -0.1) is 0 Å². The van der Waals surface area contributed by atoms with Crippen molar-refractivity contribution in [2.24, 2.45) is 0 Å². The molecule has 0 amide bonds. The van der Waals surface area contributed by atoms with E-state index in [9.17, 15) is 5.11 Å². The number of hydrogen-bond acceptors (Lipinski definition) is 6. The lowest BCUT2D eigenvalue weighted by molar-refractivity contribution is -0.122. The minimum Gasteiger partial charge on any atom is -0.508 e. The van der Waals surface area contributed by atoms with Crippen LogP contribution in [-0.4, -0.2) is 39.7 Å². The Kier molecular flexibility index (Phi) is 9.21. The monoisotopic (exact) mass is 496 g/mol. The van der Waals surface area contributed by atoms with Crippen LogP contribution < -0.4 is 10.2 Å². The number of nitrogens with one attached hydrogen (secondary N) is 1.